The number of hydrogen-bond acceptors (Lipinski definition) is 6. The van der Waals surface area contributed by atoms with Crippen LogP contribution in [-0.2, 0) is 6.18 Å². The molecule has 3 heterocycles. The fourth-order valence-corrected chi connectivity index (χ4v) is 3.91. The monoisotopic (exact) mass is 399 g/mol. The van der Waals surface area contributed by atoms with Gasteiger partial charge in [-0.05, 0) is 25.2 Å². The summed E-state index contributed by atoms with van der Waals surface area (Å²) < 4.78 is 39.0. The van der Waals surface area contributed by atoms with Crippen molar-refractivity contribution in [2.45, 2.75) is 6.18 Å². The van der Waals surface area contributed by atoms with E-state index < -0.39 is 17.8 Å². The molecule has 3 aromatic rings. The molecular formula is C20H16F3N5O. The standard InChI is InChI=1S/C20H16F3N5O/c1-27-4-6-28(7-5-27)11-2-3-15-12(8-11)16-13-9-25-19(20(21,22)23)26-17(13)18(29)14(16)10-24-15/h2-3,8-10H,4-7H2,1H3. The van der Waals surface area contributed by atoms with E-state index >= 15 is 0 Å². The minimum Gasteiger partial charge on any atom is -0.369 e. The molecule has 0 radical (unpaired) electrons. The molecular weight excluding hydrogens is 383 g/mol. The lowest BCUT2D eigenvalue weighted by atomic mass is 10.0. The number of piperazine rings is 1. The number of hydrogen-bond donors (Lipinski definition) is 0. The van der Waals surface area contributed by atoms with Crippen LogP contribution in [0.3, 0.4) is 0 Å². The Hall–Kier alpha value is -3.07. The molecule has 1 saturated heterocycles. The number of pyridine rings is 1. The van der Waals surface area contributed by atoms with Crippen molar-refractivity contribution in [3.8, 4) is 11.1 Å². The van der Waals surface area contributed by atoms with Gasteiger partial charge in [-0.3, -0.25) is 9.78 Å². The van der Waals surface area contributed by atoms with E-state index in [1.54, 1.807) is 0 Å². The smallest absolute Gasteiger partial charge is 0.369 e. The van der Waals surface area contributed by atoms with Crippen molar-refractivity contribution < 1.29 is 18.0 Å². The molecule has 0 atom stereocenters. The highest BCUT2D eigenvalue weighted by molar-refractivity contribution is 6.24. The van der Waals surface area contributed by atoms with E-state index in [4.69, 9.17) is 0 Å². The number of carbonyl (C=O) groups is 1. The van der Waals surface area contributed by atoms with E-state index in [1.807, 2.05) is 18.2 Å². The molecule has 2 aliphatic rings. The third-order valence-electron chi connectivity index (χ3n) is 5.49. The normalized spacial score (nSPS) is 17.0. The summed E-state index contributed by atoms with van der Waals surface area (Å²) in [5.74, 6) is -1.87. The van der Waals surface area contributed by atoms with Crippen LogP contribution in [0.25, 0.3) is 22.0 Å². The largest absolute Gasteiger partial charge is 0.451 e. The SMILES string of the molecule is CN1CCN(c2ccc3ncc4c(c3c2)-c2cnc(C(F)(F)F)nc2C4=O)CC1. The van der Waals surface area contributed by atoms with Gasteiger partial charge in [-0.15, -0.1) is 0 Å². The molecule has 0 N–H and O–H groups in total. The molecule has 0 amide bonds. The van der Waals surface area contributed by atoms with E-state index in [0.29, 0.717) is 16.6 Å². The highest BCUT2D eigenvalue weighted by Gasteiger charge is 2.38. The average molecular weight is 399 g/mol. The number of ketones is 1. The molecule has 1 aliphatic carbocycles. The summed E-state index contributed by atoms with van der Waals surface area (Å²) in [6.45, 7) is 3.63. The number of aromatic nitrogens is 3. The molecule has 0 bridgehead atoms. The van der Waals surface area contributed by atoms with Crippen LogP contribution in [0.2, 0.25) is 0 Å². The fraction of sp³-hybridized carbons (Fsp3) is 0.300. The lowest BCUT2D eigenvalue weighted by Crippen LogP contribution is -2.44. The predicted octanol–water partition coefficient (Wildman–Crippen LogP) is 3.01. The van der Waals surface area contributed by atoms with Crippen molar-refractivity contribution in [2.75, 3.05) is 38.1 Å². The highest BCUT2D eigenvalue weighted by atomic mass is 19.4. The van der Waals surface area contributed by atoms with Crippen LogP contribution in [-0.4, -0.2) is 58.9 Å². The van der Waals surface area contributed by atoms with Gasteiger partial charge in [-0.25, -0.2) is 9.97 Å². The quantitative estimate of drug-likeness (QED) is 0.490. The summed E-state index contributed by atoms with van der Waals surface area (Å²) in [4.78, 5) is 28.5. The van der Waals surface area contributed by atoms with E-state index in [2.05, 4.69) is 31.8 Å². The molecule has 29 heavy (non-hydrogen) atoms. The summed E-state index contributed by atoms with van der Waals surface area (Å²) in [5.41, 5.74) is 2.58. The van der Waals surface area contributed by atoms with Crippen molar-refractivity contribution in [3.63, 3.8) is 0 Å². The summed E-state index contributed by atoms with van der Waals surface area (Å²) >= 11 is 0. The Morgan fingerprint density at radius 3 is 2.45 bits per heavy atom. The lowest BCUT2D eigenvalue weighted by molar-refractivity contribution is -0.145. The van der Waals surface area contributed by atoms with Gasteiger partial charge < -0.3 is 9.80 Å². The van der Waals surface area contributed by atoms with Gasteiger partial charge in [-0.1, -0.05) is 0 Å². The van der Waals surface area contributed by atoms with Crippen molar-refractivity contribution in [1.82, 2.24) is 19.9 Å². The molecule has 1 aromatic carbocycles. The fourth-order valence-electron chi connectivity index (χ4n) is 3.91. The highest BCUT2D eigenvalue weighted by Crippen LogP contribution is 2.41. The van der Waals surface area contributed by atoms with E-state index in [-0.39, 0.29) is 11.3 Å². The topological polar surface area (TPSA) is 62.2 Å². The zero-order valence-electron chi connectivity index (χ0n) is 15.5. The summed E-state index contributed by atoms with van der Waals surface area (Å²) in [6, 6.07) is 5.80. The minimum absolute atomic E-state index is 0.221. The van der Waals surface area contributed by atoms with Gasteiger partial charge in [0.05, 0.1) is 11.1 Å². The van der Waals surface area contributed by atoms with E-state index in [0.717, 1.165) is 43.4 Å². The Labute approximate surface area is 164 Å². The molecule has 1 fully saturated rings. The van der Waals surface area contributed by atoms with Crippen LogP contribution in [0, 0.1) is 0 Å². The molecule has 5 rings (SSSR count). The second-order valence-corrected chi connectivity index (χ2v) is 7.32. The Morgan fingerprint density at radius 2 is 1.72 bits per heavy atom. The minimum atomic E-state index is -4.71. The number of carbonyl (C=O) groups excluding carboxylic acids is 1. The van der Waals surface area contributed by atoms with Gasteiger partial charge in [0, 0.05) is 60.8 Å². The number of fused-ring (bicyclic) bond motifs is 5. The van der Waals surface area contributed by atoms with Gasteiger partial charge in [0.25, 0.3) is 0 Å². The zero-order chi connectivity index (χ0) is 20.3. The maximum absolute atomic E-state index is 13.0. The Bertz CT molecular complexity index is 1150. The van der Waals surface area contributed by atoms with Crippen LogP contribution >= 0.6 is 0 Å². The maximum atomic E-state index is 13.0. The molecule has 1 aliphatic heterocycles. The molecule has 0 saturated carbocycles. The first kappa shape index (κ1) is 18.0. The van der Waals surface area contributed by atoms with Crippen LogP contribution < -0.4 is 4.90 Å². The summed E-state index contributed by atoms with van der Waals surface area (Å²) in [7, 11) is 2.08. The number of rotatable bonds is 1. The number of likely N-dealkylation sites (N-methyl/N-ethyl adjacent to an activating group) is 1. The Morgan fingerprint density at radius 1 is 1.00 bits per heavy atom. The molecule has 0 unspecified atom stereocenters. The predicted molar refractivity (Wildman–Crippen MR) is 101 cm³/mol. The Kier molecular flexibility index (Phi) is 3.86. The average Bonchev–Trinajstić information content (AvgIpc) is 3.00. The van der Waals surface area contributed by atoms with Gasteiger partial charge in [0.2, 0.25) is 11.6 Å². The molecule has 148 valence electrons. The van der Waals surface area contributed by atoms with Gasteiger partial charge in [-0.2, -0.15) is 13.2 Å². The van der Waals surface area contributed by atoms with E-state index in [1.165, 1.54) is 6.20 Å². The third kappa shape index (κ3) is 2.84. The number of alkyl halides is 3. The van der Waals surface area contributed by atoms with Crippen LogP contribution in [0.4, 0.5) is 18.9 Å². The number of benzene rings is 1. The first-order valence-corrected chi connectivity index (χ1v) is 9.18. The second-order valence-electron chi connectivity index (χ2n) is 7.32. The van der Waals surface area contributed by atoms with Crippen molar-refractivity contribution in [1.29, 1.82) is 0 Å². The Balaban J connectivity index is 1.66. The number of nitrogens with zero attached hydrogens (tertiary/aromatic N) is 5. The molecule has 9 heteroatoms. The summed E-state index contributed by atoms with van der Waals surface area (Å²) in [5, 5.41) is 0.717. The number of halogens is 3. The zero-order valence-corrected chi connectivity index (χ0v) is 15.5. The van der Waals surface area contributed by atoms with Gasteiger partial charge >= 0.3 is 6.18 Å². The van der Waals surface area contributed by atoms with Gasteiger partial charge in [0.15, 0.2) is 0 Å². The molecule has 0 spiro atoms. The first-order valence-electron chi connectivity index (χ1n) is 9.18. The van der Waals surface area contributed by atoms with Gasteiger partial charge in [0.1, 0.15) is 5.69 Å². The van der Waals surface area contributed by atoms with Crippen molar-refractivity contribution in [2.24, 2.45) is 0 Å². The van der Waals surface area contributed by atoms with Crippen molar-refractivity contribution >= 4 is 22.4 Å². The maximum Gasteiger partial charge on any atom is 0.451 e. The number of anilines is 1. The van der Waals surface area contributed by atoms with Crippen molar-refractivity contribution in [3.05, 3.63) is 47.7 Å². The van der Waals surface area contributed by atoms with Crippen LogP contribution in [0.5, 0.6) is 0 Å². The second kappa shape index (κ2) is 6.21. The molecule has 2 aromatic heterocycles. The first-order chi connectivity index (χ1) is 13.8. The van der Waals surface area contributed by atoms with E-state index in [9.17, 15) is 18.0 Å². The lowest BCUT2D eigenvalue weighted by Gasteiger charge is -2.34. The van der Waals surface area contributed by atoms with Crippen LogP contribution in [0.1, 0.15) is 21.9 Å². The molecule has 6 nitrogen and oxygen atoms in total. The van der Waals surface area contributed by atoms with Crippen LogP contribution in [0.15, 0.2) is 30.6 Å². The third-order valence-corrected chi connectivity index (χ3v) is 5.49. The summed E-state index contributed by atoms with van der Waals surface area (Å²) in [6.07, 6.45) is -2.21.